The zero-order valence-corrected chi connectivity index (χ0v) is 10.1. The summed E-state index contributed by atoms with van der Waals surface area (Å²) in [6.45, 7) is 0.652. The molecule has 1 aromatic carbocycles. The van der Waals surface area contributed by atoms with Crippen molar-refractivity contribution in [3.63, 3.8) is 0 Å². The van der Waals surface area contributed by atoms with Crippen LogP contribution in [-0.4, -0.2) is 11.6 Å². The third-order valence-electron chi connectivity index (χ3n) is 1.65. The smallest absolute Gasteiger partial charge is 0.119 e. The van der Waals surface area contributed by atoms with Crippen molar-refractivity contribution in [1.29, 1.82) is 0 Å². The molecule has 0 aliphatic carbocycles. The van der Waals surface area contributed by atoms with Crippen molar-refractivity contribution >= 4 is 33.1 Å². The van der Waals surface area contributed by atoms with Crippen LogP contribution in [0.25, 0.3) is 0 Å². The molecule has 0 saturated heterocycles. The van der Waals surface area contributed by atoms with Crippen molar-refractivity contribution in [3.05, 3.63) is 28.7 Å². The van der Waals surface area contributed by atoms with Gasteiger partial charge in [-0.1, -0.05) is 28.1 Å². The van der Waals surface area contributed by atoms with Crippen LogP contribution in [0.5, 0.6) is 5.75 Å². The van der Waals surface area contributed by atoms with Gasteiger partial charge in [0.2, 0.25) is 0 Å². The van der Waals surface area contributed by atoms with E-state index in [1.54, 1.807) is 0 Å². The predicted octanol–water partition coefficient (Wildman–Crippen LogP) is 2.89. The highest BCUT2D eigenvalue weighted by Gasteiger charge is 1.94. The van der Waals surface area contributed by atoms with Crippen LogP contribution in [0, 0.1) is 0 Å². The fraction of sp³-hybridized carbons (Fsp3) is 0.300. The summed E-state index contributed by atoms with van der Waals surface area (Å²) in [6, 6.07) is 7.74. The molecule has 0 bridgehead atoms. The van der Waals surface area contributed by atoms with E-state index in [4.69, 9.17) is 22.7 Å². The zero-order valence-electron chi connectivity index (χ0n) is 7.70. The summed E-state index contributed by atoms with van der Waals surface area (Å²) in [7, 11) is 0. The van der Waals surface area contributed by atoms with Gasteiger partial charge in [0.15, 0.2) is 0 Å². The average molecular weight is 274 g/mol. The van der Waals surface area contributed by atoms with E-state index in [9.17, 15) is 0 Å². The van der Waals surface area contributed by atoms with Gasteiger partial charge in [-0.05, 0) is 30.7 Å². The molecule has 0 saturated carbocycles. The van der Waals surface area contributed by atoms with Crippen LogP contribution >= 0.6 is 28.1 Å². The molecule has 1 rings (SSSR count). The third-order valence-corrected chi connectivity index (χ3v) is 2.38. The minimum Gasteiger partial charge on any atom is -0.494 e. The molecular weight excluding hydrogens is 262 g/mol. The second-order valence-corrected chi connectivity index (χ2v) is 4.31. The quantitative estimate of drug-likeness (QED) is 0.662. The summed E-state index contributed by atoms with van der Waals surface area (Å²) in [6.07, 6.45) is 1.61. The Morgan fingerprint density at radius 3 is 2.57 bits per heavy atom. The molecule has 0 aliphatic heterocycles. The molecule has 0 fully saturated rings. The molecule has 4 heteroatoms. The van der Waals surface area contributed by atoms with Crippen LogP contribution in [0.15, 0.2) is 28.7 Å². The normalized spacial score (nSPS) is 9.79. The highest BCUT2D eigenvalue weighted by molar-refractivity contribution is 9.10. The van der Waals surface area contributed by atoms with Gasteiger partial charge >= 0.3 is 0 Å². The molecule has 0 amide bonds. The van der Waals surface area contributed by atoms with Crippen LogP contribution in [0.1, 0.15) is 12.8 Å². The first-order valence-corrected chi connectivity index (χ1v) is 5.55. The molecule has 14 heavy (non-hydrogen) atoms. The van der Waals surface area contributed by atoms with Gasteiger partial charge in [-0.25, -0.2) is 0 Å². The maximum atomic E-state index is 5.48. The van der Waals surface area contributed by atoms with Crippen molar-refractivity contribution in [2.75, 3.05) is 6.61 Å². The molecule has 0 aromatic heterocycles. The Hall–Kier alpha value is -0.610. The number of ether oxygens (including phenoxy) is 1. The van der Waals surface area contributed by atoms with Gasteiger partial charge in [0, 0.05) is 10.9 Å². The zero-order chi connectivity index (χ0) is 10.4. The topological polar surface area (TPSA) is 35.2 Å². The van der Waals surface area contributed by atoms with E-state index in [0.717, 1.165) is 23.1 Å². The first-order chi connectivity index (χ1) is 6.68. The minimum atomic E-state index is 0.546. The highest BCUT2D eigenvalue weighted by Crippen LogP contribution is 2.16. The largest absolute Gasteiger partial charge is 0.494 e. The van der Waals surface area contributed by atoms with E-state index in [-0.39, 0.29) is 0 Å². The molecule has 0 aliphatic rings. The van der Waals surface area contributed by atoms with Crippen LogP contribution in [0.3, 0.4) is 0 Å². The lowest BCUT2D eigenvalue weighted by molar-refractivity contribution is 0.313. The van der Waals surface area contributed by atoms with E-state index in [1.165, 1.54) is 0 Å². The van der Waals surface area contributed by atoms with E-state index in [0.29, 0.717) is 11.6 Å². The molecule has 2 N–H and O–H groups in total. The number of rotatable bonds is 5. The fourth-order valence-electron chi connectivity index (χ4n) is 0.967. The molecule has 0 heterocycles. The molecule has 2 nitrogen and oxygen atoms in total. The van der Waals surface area contributed by atoms with E-state index in [2.05, 4.69) is 15.9 Å². The summed E-state index contributed by atoms with van der Waals surface area (Å²) < 4.78 is 6.52. The van der Waals surface area contributed by atoms with Gasteiger partial charge in [-0.2, -0.15) is 0 Å². The summed E-state index contributed by atoms with van der Waals surface area (Å²) in [5, 5.41) is 0. The molecule has 0 unspecified atom stereocenters. The van der Waals surface area contributed by atoms with Crippen LogP contribution in [0.2, 0.25) is 0 Å². The van der Waals surface area contributed by atoms with Crippen molar-refractivity contribution in [2.45, 2.75) is 12.8 Å². The first-order valence-electron chi connectivity index (χ1n) is 4.35. The molecule has 76 valence electrons. The van der Waals surface area contributed by atoms with Gasteiger partial charge in [0.05, 0.1) is 11.6 Å². The number of benzene rings is 1. The third kappa shape index (κ3) is 4.58. The average Bonchev–Trinajstić information content (AvgIpc) is 2.15. The molecule has 0 atom stereocenters. The maximum absolute atomic E-state index is 5.48. The Bertz CT molecular complexity index is 299. The lowest BCUT2D eigenvalue weighted by atomic mass is 10.3. The first kappa shape index (κ1) is 11.5. The Labute approximate surface area is 97.6 Å². The second kappa shape index (κ2) is 5.98. The highest BCUT2D eigenvalue weighted by atomic mass is 79.9. The van der Waals surface area contributed by atoms with Gasteiger partial charge in [-0.3, -0.25) is 0 Å². The van der Waals surface area contributed by atoms with Crippen LogP contribution < -0.4 is 10.5 Å². The SMILES string of the molecule is NC(=S)CCCOc1ccc(Br)cc1. The van der Waals surface area contributed by atoms with Crippen molar-refractivity contribution < 1.29 is 4.74 Å². The summed E-state index contributed by atoms with van der Waals surface area (Å²) in [5.74, 6) is 0.871. The minimum absolute atomic E-state index is 0.546. The van der Waals surface area contributed by atoms with Crippen LogP contribution in [-0.2, 0) is 0 Å². The standard InChI is InChI=1S/C10H12BrNOS/c11-8-3-5-9(6-4-8)13-7-1-2-10(12)14/h3-6H,1-2,7H2,(H2,12,14). The van der Waals surface area contributed by atoms with Crippen molar-refractivity contribution in [3.8, 4) is 5.75 Å². The summed E-state index contributed by atoms with van der Waals surface area (Å²) in [5.41, 5.74) is 5.36. The fourth-order valence-corrected chi connectivity index (χ4v) is 1.38. The van der Waals surface area contributed by atoms with Crippen LogP contribution in [0.4, 0.5) is 0 Å². The summed E-state index contributed by atoms with van der Waals surface area (Å²) >= 11 is 8.12. The number of hydrogen-bond donors (Lipinski definition) is 1. The van der Waals surface area contributed by atoms with Gasteiger partial charge < -0.3 is 10.5 Å². The Balaban J connectivity index is 2.25. The predicted molar refractivity (Wildman–Crippen MR) is 65.7 cm³/mol. The molecule has 0 radical (unpaired) electrons. The second-order valence-electron chi connectivity index (χ2n) is 2.87. The number of thiocarbonyl (C=S) groups is 1. The molecule has 0 spiro atoms. The molecule has 1 aromatic rings. The van der Waals surface area contributed by atoms with E-state index < -0.39 is 0 Å². The maximum Gasteiger partial charge on any atom is 0.119 e. The monoisotopic (exact) mass is 273 g/mol. The van der Waals surface area contributed by atoms with Gasteiger partial charge in [0.25, 0.3) is 0 Å². The summed E-state index contributed by atoms with van der Waals surface area (Å²) in [4.78, 5) is 0.546. The Morgan fingerprint density at radius 1 is 1.36 bits per heavy atom. The molecular formula is C10H12BrNOS. The van der Waals surface area contributed by atoms with Crippen molar-refractivity contribution in [1.82, 2.24) is 0 Å². The van der Waals surface area contributed by atoms with Gasteiger partial charge in [0.1, 0.15) is 5.75 Å². The van der Waals surface area contributed by atoms with E-state index >= 15 is 0 Å². The lowest BCUT2D eigenvalue weighted by Gasteiger charge is -2.05. The van der Waals surface area contributed by atoms with Gasteiger partial charge in [-0.15, -0.1) is 0 Å². The Morgan fingerprint density at radius 2 is 2.00 bits per heavy atom. The Kier molecular flexibility index (Phi) is 4.90. The number of halogens is 1. The number of hydrogen-bond acceptors (Lipinski definition) is 2. The number of nitrogens with two attached hydrogens (primary N) is 1. The lowest BCUT2D eigenvalue weighted by Crippen LogP contribution is -2.09. The van der Waals surface area contributed by atoms with E-state index in [1.807, 2.05) is 24.3 Å². The van der Waals surface area contributed by atoms with Crippen molar-refractivity contribution in [2.24, 2.45) is 5.73 Å².